The van der Waals surface area contributed by atoms with Crippen molar-refractivity contribution in [3.8, 4) is 17.1 Å². The Hall–Kier alpha value is -2.94. The number of rotatable bonds is 2. The van der Waals surface area contributed by atoms with E-state index >= 15 is 0 Å². The molecular weight excluding hydrogens is 306 g/mol. The Balaban J connectivity index is 2.00. The lowest BCUT2D eigenvalue weighted by atomic mass is 10.0. The van der Waals surface area contributed by atoms with Crippen LogP contribution in [0.2, 0.25) is 0 Å². The van der Waals surface area contributed by atoms with Gasteiger partial charge in [0.25, 0.3) is 0 Å². The number of pyridine rings is 1. The highest BCUT2D eigenvalue weighted by molar-refractivity contribution is 5.81. The van der Waals surface area contributed by atoms with Crippen molar-refractivity contribution < 1.29 is 4.57 Å². The highest BCUT2D eigenvalue weighted by atomic mass is 15.1. The highest BCUT2D eigenvalue weighted by Gasteiger charge is 2.20. The number of nitrogens with zero attached hydrogens (tertiary/aromatic N) is 3. The van der Waals surface area contributed by atoms with E-state index in [4.69, 9.17) is 4.98 Å². The molecule has 2 heterocycles. The molecule has 0 fully saturated rings. The quantitative estimate of drug-likeness (QED) is 0.499. The Morgan fingerprint density at radius 1 is 0.920 bits per heavy atom. The summed E-state index contributed by atoms with van der Waals surface area (Å²) in [6, 6.07) is 19.0. The lowest BCUT2D eigenvalue weighted by Crippen LogP contribution is -2.34. The fourth-order valence-electron chi connectivity index (χ4n) is 3.51. The van der Waals surface area contributed by atoms with Gasteiger partial charge in [0.1, 0.15) is 5.82 Å². The average Bonchev–Trinajstić information content (AvgIpc) is 2.94. The highest BCUT2D eigenvalue weighted by Crippen LogP contribution is 2.29. The van der Waals surface area contributed by atoms with E-state index < -0.39 is 0 Å². The molecule has 2 aromatic heterocycles. The van der Waals surface area contributed by atoms with Crippen molar-refractivity contribution in [2.24, 2.45) is 7.05 Å². The van der Waals surface area contributed by atoms with Gasteiger partial charge in [-0.1, -0.05) is 18.2 Å². The molecule has 0 saturated carbocycles. The number of fused-ring (bicyclic) bond motifs is 1. The first kappa shape index (κ1) is 15.6. The molecule has 0 aliphatic carbocycles. The molecule has 0 unspecified atom stereocenters. The van der Waals surface area contributed by atoms with E-state index in [1.807, 2.05) is 6.07 Å². The van der Waals surface area contributed by atoms with Crippen molar-refractivity contribution in [3.05, 3.63) is 77.6 Å². The Morgan fingerprint density at radius 2 is 1.68 bits per heavy atom. The van der Waals surface area contributed by atoms with Gasteiger partial charge in [-0.05, 0) is 37.6 Å². The Kier molecular flexibility index (Phi) is 3.65. The van der Waals surface area contributed by atoms with Crippen LogP contribution in [0.3, 0.4) is 0 Å². The molecule has 0 radical (unpaired) electrons. The summed E-state index contributed by atoms with van der Waals surface area (Å²) in [6.45, 7) is 6.47. The topological polar surface area (TPSA) is 21.7 Å². The molecule has 2 aromatic carbocycles. The average molecular weight is 328 g/mol. The van der Waals surface area contributed by atoms with E-state index in [0.29, 0.717) is 0 Å². The molecule has 0 N–H and O–H groups in total. The van der Waals surface area contributed by atoms with Crippen LogP contribution in [0.25, 0.3) is 28.1 Å². The first-order valence-electron chi connectivity index (χ1n) is 8.57. The summed E-state index contributed by atoms with van der Waals surface area (Å²) in [5, 5.41) is 0. The molecule has 4 rings (SSSR count). The second-order valence-corrected chi connectivity index (χ2v) is 6.65. The molecular formula is C22H22N3+. The van der Waals surface area contributed by atoms with Crippen molar-refractivity contribution in [2.75, 3.05) is 0 Å². The largest absolute Gasteiger partial charge is 0.327 e. The third-order valence-electron chi connectivity index (χ3n) is 4.88. The van der Waals surface area contributed by atoms with E-state index in [1.54, 1.807) is 0 Å². The maximum Gasteiger partial charge on any atom is 0.214 e. The van der Waals surface area contributed by atoms with Gasteiger partial charge in [-0.3, -0.25) is 0 Å². The first-order chi connectivity index (χ1) is 12.1. The van der Waals surface area contributed by atoms with E-state index in [9.17, 15) is 0 Å². The molecule has 124 valence electrons. The summed E-state index contributed by atoms with van der Waals surface area (Å²) in [7, 11) is 2.09. The summed E-state index contributed by atoms with van der Waals surface area (Å²) in [5.74, 6) is 1.01. The van der Waals surface area contributed by atoms with Crippen LogP contribution >= 0.6 is 0 Å². The van der Waals surface area contributed by atoms with Crippen molar-refractivity contribution >= 4 is 11.0 Å². The van der Waals surface area contributed by atoms with Crippen molar-refractivity contribution in [3.63, 3.8) is 0 Å². The summed E-state index contributed by atoms with van der Waals surface area (Å²) >= 11 is 0. The summed E-state index contributed by atoms with van der Waals surface area (Å²) in [6.07, 6.45) is 2.12. The second-order valence-electron chi connectivity index (χ2n) is 6.65. The Morgan fingerprint density at radius 3 is 2.44 bits per heavy atom. The molecule has 0 aliphatic rings. The van der Waals surface area contributed by atoms with Gasteiger partial charge >= 0.3 is 0 Å². The number of imidazole rings is 1. The smallest absolute Gasteiger partial charge is 0.214 e. The van der Waals surface area contributed by atoms with E-state index in [0.717, 1.165) is 16.9 Å². The van der Waals surface area contributed by atoms with Crippen LogP contribution < -0.4 is 4.57 Å². The van der Waals surface area contributed by atoms with Crippen LogP contribution in [0.1, 0.15) is 16.8 Å². The lowest BCUT2D eigenvalue weighted by Gasteiger charge is -2.11. The van der Waals surface area contributed by atoms with Crippen molar-refractivity contribution in [1.82, 2.24) is 9.55 Å². The minimum Gasteiger partial charge on any atom is -0.327 e. The number of hydrogen-bond acceptors (Lipinski definition) is 1. The molecule has 0 saturated heterocycles. The van der Waals surface area contributed by atoms with Gasteiger partial charge in [-0.25, -0.2) is 4.98 Å². The molecule has 0 amide bonds. The zero-order valence-corrected chi connectivity index (χ0v) is 15.1. The van der Waals surface area contributed by atoms with E-state index in [-0.39, 0.29) is 0 Å². The fourth-order valence-corrected chi connectivity index (χ4v) is 3.51. The third-order valence-corrected chi connectivity index (χ3v) is 4.88. The monoisotopic (exact) mass is 328 g/mol. The van der Waals surface area contributed by atoms with Crippen LogP contribution in [0.5, 0.6) is 0 Å². The lowest BCUT2D eigenvalue weighted by molar-refractivity contribution is -0.603. The summed E-state index contributed by atoms with van der Waals surface area (Å²) in [4.78, 5) is 4.90. The molecule has 0 aliphatic heterocycles. The number of benzene rings is 2. The molecule has 0 bridgehead atoms. The Bertz CT molecular complexity index is 1090. The third kappa shape index (κ3) is 2.52. The standard InChI is InChI=1S/C22H22N3/c1-15-13-18(22-23-19-10-5-6-11-20(19)24(22)4)17(3)21(14-15)25-12-8-7-9-16(25)2/h5-14H,1-4H3/q+1. The molecule has 3 heteroatoms. The summed E-state index contributed by atoms with van der Waals surface area (Å²) in [5.41, 5.74) is 8.27. The molecule has 0 spiro atoms. The zero-order valence-electron chi connectivity index (χ0n) is 15.1. The minimum absolute atomic E-state index is 1.01. The molecule has 25 heavy (non-hydrogen) atoms. The number of aryl methyl sites for hydroxylation is 3. The maximum absolute atomic E-state index is 4.90. The predicted molar refractivity (Wildman–Crippen MR) is 102 cm³/mol. The van der Waals surface area contributed by atoms with Gasteiger partial charge < -0.3 is 4.57 Å². The van der Waals surface area contributed by atoms with Gasteiger partial charge in [0.2, 0.25) is 5.69 Å². The SMILES string of the molecule is Cc1cc(-c2nc3ccccc3n2C)c(C)c(-[n+]2ccccc2C)c1. The maximum atomic E-state index is 4.90. The van der Waals surface area contributed by atoms with Gasteiger partial charge in [0.15, 0.2) is 11.9 Å². The zero-order chi connectivity index (χ0) is 17.6. The van der Waals surface area contributed by atoms with Gasteiger partial charge in [0.05, 0.1) is 11.0 Å². The number of aromatic nitrogens is 3. The normalized spacial score (nSPS) is 11.2. The second kappa shape index (κ2) is 5.85. The molecule has 4 aromatic rings. The van der Waals surface area contributed by atoms with Crippen LogP contribution in [-0.2, 0) is 7.05 Å². The van der Waals surface area contributed by atoms with E-state index in [2.05, 4.69) is 91.7 Å². The fraction of sp³-hybridized carbons (Fsp3) is 0.182. The number of hydrogen-bond donors (Lipinski definition) is 0. The number of para-hydroxylation sites is 2. The molecule has 0 atom stereocenters. The van der Waals surface area contributed by atoms with Crippen LogP contribution in [0.4, 0.5) is 0 Å². The van der Waals surface area contributed by atoms with Crippen LogP contribution in [0, 0.1) is 20.8 Å². The minimum atomic E-state index is 1.01. The van der Waals surface area contributed by atoms with Crippen molar-refractivity contribution in [2.45, 2.75) is 20.8 Å². The van der Waals surface area contributed by atoms with Gasteiger partial charge in [-0.2, -0.15) is 4.57 Å². The molecule has 3 nitrogen and oxygen atoms in total. The van der Waals surface area contributed by atoms with Crippen LogP contribution in [0.15, 0.2) is 60.8 Å². The van der Waals surface area contributed by atoms with Crippen LogP contribution in [-0.4, -0.2) is 9.55 Å². The first-order valence-corrected chi connectivity index (χ1v) is 8.57. The van der Waals surface area contributed by atoms with Gasteiger partial charge in [-0.15, -0.1) is 0 Å². The van der Waals surface area contributed by atoms with Gasteiger partial charge in [0, 0.05) is 43.3 Å². The van der Waals surface area contributed by atoms with E-state index in [1.165, 1.54) is 28.1 Å². The predicted octanol–water partition coefficient (Wildman–Crippen LogP) is 4.44. The Labute approximate surface area is 148 Å². The van der Waals surface area contributed by atoms with Crippen molar-refractivity contribution in [1.29, 1.82) is 0 Å². The summed E-state index contributed by atoms with van der Waals surface area (Å²) < 4.78 is 4.43.